The van der Waals surface area contributed by atoms with Gasteiger partial charge in [-0.2, -0.15) is 0 Å². The molecule has 0 aromatic heterocycles. The van der Waals surface area contributed by atoms with Gasteiger partial charge in [-0.15, -0.1) is 7.05 Å². The van der Waals surface area contributed by atoms with Crippen molar-refractivity contribution in [2.45, 2.75) is 6.42 Å². The molecular weight excluding hydrogens is 110 g/mol. The number of nitrogens with one attached hydrogen (secondary N) is 1. The molecule has 1 fully saturated rings. The first kappa shape index (κ1) is 5.25. The maximum atomic E-state index is 10.6. The Labute approximate surface area is 46.1 Å². The van der Waals surface area contributed by atoms with Crippen molar-refractivity contribution in [2.75, 3.05) is 12.3 Å². The van der Waals surface area contributed by atoms with Crippen molar-refractivity contribution in [2.24, 2.45) is 0 Å². The summed E-state index contributed by atoms with van der Waals surface area (Å²) in [6.07, 6.45) is 1.07. The fraction of sp³-hybridized carbons (Fsp3) is 0.750. The van der Waals surface area contributed by atoms with E-state index in [1.807, 2.05) is 0 Å². The van der Waals surface area contributed by atoms with Gasteiger partial charge in [-0.05, 0) is 0 Å². The summed E-state index contributed by atoms with van der Waals surface area (Å²) in [6, 6.07) is 0. The summed E-state index contributed by atoms with van der Waals surface area (Å²) >= 11 is 0. The van der Waals surface area contributed by atoms with Crippen LogP contribution < -0.4 is 4.31 Å². The molecule has 1 heterocycles. The van der Waals surface area contributed by atoms with Crippen molar-refractivity contribution >= 4 is 11.0 Å². The first-order valence-corrected chi connectivity index (χ1v) is 3.69. The van der Waals surface area contributed by atoms with E-state index in [9.17, 15) is 4.21 Å². The molecule has 0 spiro atoms. The minimum absolute atomic E-state index is 0.662. The van der Waals surface area contributed by atoms with Crippen LogP contribution in [0.15, 0.2) is 0 Å². The van der Waals surface area contributed by atoms with Gasteiger partial charge < -0.3 is 4.31 Å². The summed E-state index contributed by atoms with van der Waals surface area (Å²) in [7, 11) is 2.97. The molecule has 2 nitrogen and oxygen atoms in total. The van der Waals surface area contributed by atoms with Gasteiger partial charge in [0.25, 0.3) is 0 Å². The van der Waals surface area contributed by atoms with E-state index in [-0.39, 0.29) is 0 Å². The molecule has 0 aromatic carbocycles. The van der Waals surface area contributed by atoms with Crippen molar-refractivity contribution in [3.63, 3.8) is 0 Å². The highest BCUT2D eigenvalue weighted by Crippen LogP contribution is 1.83. The second-order valence-corrected chi connectivity index (χ2v) is 3.37. The summed E-state index contributed by atoms with van der Waals surface area (Å²) in [4.78, 5) is 0. The van der Waals surface area contributed by atoms with Gasteiger partial charge >= 0.3 is 0 Å². The average Bonchev–Trinajstić information content (AvgIpc) is 1.91. The fourth-order valence-electron chi connectivity index (χ4n) is 0.659. The molecule has 1 N–H and O–H groups in total. The molecule has 0 saturated carbocycles. The van der Waals surface area contributed by atoms with Crippen molar-refractivity contribution in [1.82, 2.24) is 0 Å². The number of rotatable bonds is 0. The van der Waals surface area contributed by atoms with E-state index in [1.165, 1.54) is 0 Å². The van der Waals surface area contributed by atoms with Crippen LogP contribution >= 0.6 is 0 Å². The number of quaternary nitrogens is 1. The standard InChI is InChI=1S/C4H9NOS/c1-5-3-2-4-7(5)6/h5H,1-4H2. The van der Waals surface area contributed by atoms with Crippen LogP contribution in [0.4, 0.5) is 0 Å². The molecule has 0 aromatic rings. The minimum Gasteiger partial charge on any atom is -0.381 e. The SMILES string of the molecule is [CH2-][NH+]1CCCS1=O. The Morgan fingerprint density at radius 1 is 1.71 bits per heavy atom. The van der Waals surface area contributed by atoms with Gasteiger partial charge in [-0.25, -0.2) is 4.21 Å². The third-order valence-corrected chi connectivity index (χ3v) is 2.61. The van der Waals surface area contributed by atoms with Gasteiger partial charge in [0.05, 0.1) is 12.3 Å². The van der Waals surface area contributed by atoms with Gasteiger partial charge in [-0.3, -0.25) is 0 Å². The molecule has 1 rings (SSSR count). The summed E-state index contributed by atoms with van der Waals surface area (Å²) in [5, 5.41) is 0. The Morgan fingerprint density at radius 3 is 2.57 bits per heavy atom. The fourth-order valence-corrected chi connectivity index (χ4v) is 1.73. The van der Waals surface area contributed by atoms with Crippen molar-refractivity contribution in [3.05, 3.63) is 7.05 Å². The van der Waals surface area contributed by atoms with Crippen LogP contribution in [0.5, 0.6) is 0 Å². The van der Waals surface area contributed by atoms with Crippen LogP contribution in [0.25, 0.3) is 0 Å². The van der Waals surface area contributed by atoms with Gasteiger partial charge in [0.15, 0.2) is 11.0 Å². The zero-order valence-electron chi connectivity index (χ0n) is 4.14. The van der Waals surface area contributed by atoms with Gasteiger partial charge in [0, 0.05) is 6.42 Å². The van der Waals surface area contributed by atoms with E-state index in [1.54, 1.807) is 0 Å². The average molecular weight is 119 g/mol. The molecule has 1 aliphatic rings. The first-order chi connectivity index (χ1) is 3.30. The molecule has 0 aliphatic carbocycles. The monoisotopic (exact) mass is 119 g/mol. The van der Waals surface area contributed by atoms with Crippen LogP contribution in [0.1, 0.15) is 6.42 Å². The smallest absolute Gasteiger partial charge is 0.178 e. The van der Waals surface area contributed by atoms with Crippen LogP contribution in [-0.2, 0) is 11.0 Å². The predicted octanol–water partition coefficient (Wildman–Crippen LogP) is -1.27. The zero-order valence-corrected chi connectivity index (χ0v) is 4.96. The highest BCUT2D eigenvalue weighted by molar-refractivity contribution is 7.78. The van der Waals surface area contributed by atoms with Gasteiger partial charge in [0.1, 0.15) is 0 Å². The largest absolute Gasteiger partial charge is 0.381 e. The molecule has 3 heteroatoms. The zero-order chi connectivity index (χ0) is 5.28. The lowest BCUT2D eigenvalue weighted by atomic mass is 10.5. The maximum Gasteiger partial charge on any atom is 0.178 e. The van der Waals surface area contributed by atoms with Crippen molar-refractivity contribution < 1.29 is 8.51 Å². The molecule has 2 atom stereocenters. The summed E-state index contributed by atoms with van der Waals surface area (Å²) in [5.41, 5.74) is 0. The summed E-state index contributed by atoms with van der Waals surface area (Å²) in [5.74, 6) is 0.846. The predicted molar refractivity (Wildman–Crippen MR) is 28.8 cm³/mol. The molecule has 42 valence electrons. The van der Waals surface area contributed by atoms with Crippen molar-refractivity contribution in [3.8, 4) is 0 Å². The topological polar surface area (TPSA) is 21.5 Å². The number of hydrogen-bond donors (Lipinski definition) is 1. The minimum atomic E-state index is -0.662. The van der Waals surface area contributed by atoms with Gasteiger partial charge in [0.2, 0.25) is 0 Å². The first-order valence-electron chi connectivity index (χ1n) is 2.37. The Bertz CT molecular complexity index is 93.7. The van der Waals surface area contributed by atoms with E-state index < -0.39 is 11.0 Å². The van der Waals surface area contributed by atoms with Gasteiger partial charge in [-0.1, -0.05) is 0 Å². The van der Waals surface area contributed by atoms with E-state index >= 15 is 0 Å². The Balaban J connectivity index is 2.48. The summed E-state index contributed by atoms with van der Waals surface area (Å²) < 4.78 is 11.5. The lowest BCUT2D eigenvalue weighted by Gasteiger charge is -2.06. The Hall–Kier alpha value is 0.110. The lowest BCUT2D eigenvalue weighted by molar-refractivity contribution is -0.701. The normalized spacial score (nSPS) is 41.9. The highest BCUT2D eigenvalue weighted by atomic mass is 32.2. The molecule has 7 heavy (non-hydrogen) atoms. The summed E-state index contributed by atoms with van der Waals surface area (Å²) in [6.45, 7) is 0.979. The second-order valence-electron chi connectivity index (χ2n) is 1.69. The number of hydrogen-bond acceptors (Lipinski definition) is 1. The molecule has 0 amide bonds. The molecule has 0 bridgehead atoms. The molecule has 2 unspecified atom stereocenters. The Kier molecular flexibility index (Phi) is 1.44. The van der Waals surface area contributed by atoms with E-state index in [4.69, 9.17) is 0 Å². The highest BCUT2D eigenvalue weighted by Gasteiger charge is 2.14. The second kappa shape index (κ2) is 1.92. The molecule has 0 radical (unpaired) electrons. The van der Waals surface area contributed by atoms with E-state index in [0.29, 0.717) is 0 Å². The quantitative estimate of drug-likeness (QED) is 0.394. The van der Waals surface area contributed by atoms with Crippen LogP contribution in [-0.4, -0.2) is 16.5 Å². The van der Waals surface area contributed by atoms with Crippen LogP contribution in [0.3, 0.4) is 0 Å². The molecule has 1 aliphatic heterocycles. The third kappa shape index (κ3) is 1.01. The Morgan fingerprint density at radius 2 is 2.43 bits per heavy atom. The third-order valence-electron chi connectivity index (χ3n) is 1.11. The lowest BCUT2D eigenvalue weighted by Crippen LogP contribution is -3.04. The van der Waals surface area contributed by atoms with E-state index in [0.717, 1.165) is 23.0 Å². The van der Waals surface area contributed by atoms with Crippen molar-refractivity contribution in [1.29, 1.82) is 0 Å². The van der Waals surface area contributed by atoms with E-state index in [2.05, 4.69) is 7.05 Å². The molecule has 1 saturated heterocycles. The molecular formula is C4H9NOS. The maximum absolute atomic E-state index is 10.6. The van der Waals surface area contributed by atoms with Crippen LogP contribution in [0, 0.1) is 7.05 Å². The van der Waals surface area contributed by atoms with Crippen LogP contribution in [0.2, 0.25) is 0 Å².